The summed E-state index contributed by atoms with van der Waals surface area (Å²) in [6.07, 6.45) is 8.13. The Bertz CT molecular complexity index is 426. The molecule has 120 valence electrons. The largest absolute Gasteiger partial charge is 0.481 e. The molecule has 2 aliphatic carbocycles. The summed E-state index contributed by atoms with van der Waals surface area (Å²) in [7, 11) is 0. The van der Waals surface area contributed by atoms with Crippen molar-refractivity contribution >= 4 is 5.97 Å². The van der Waals surface area contributed by atoms with Crippen LogP contribution in [0.2, 0.25) is 0 Å². The molecule has 0 radical (unpaired) electrons. The van der Waals surface area contributed by atoms with Gasteiger partial charge in [-0.15, -0.1) is 0 Å². The van der Waals surface area contributed by atoms with Gasteiger partial charge < -0.3 is 5.11 Å². The van der Waals surface area contributed by atoms with Crippen LogP contribution in [0.25, 0.3) is 0 Å². The van der Waals surface area contributed by atoms with Crippen LogP contribution in [0.1, 0.15) is 86.0 Å². The van der Waals surface area contributed by atoms with Crippen LogP contribution in [-0.4, -0.2) is 11.1 Å². The topological polar surface area (TPSA) is 37.3 Å². The first-order valence-electron chi connectivity index (χ1n) is 8.61. The van der Waals surface area contributed by atoms with Gasteiger partial charge in [0, 0.05) is 0 Å². The molecule has 0 unspecified atom stereocenters. The standard InChI is InChI=1S/C19H32O2/c1-6-7-8-9-19(16(20)21)12-14-15(13-19)18(4,5)11-10-17(14,2)3/h6-13H2,1-5H3,(H,20,21). The van der Waals surface area contributed by atoms with Gasteiger partial charge in [-0.3, -0.25) is 4.79 Å². The Kier molecular flexibility index (Phi) is 4.30. The summed E-state index contributed by atoms with van der Waals surface area (Å²) >= 11 is 0. The van der Waals surface area contributed by atoms with Gasteiger partial charge in [0.05, 0.1) is 5.41 Å². The lowest BCUT2D eigenvalue weighted by Gasteiger charge is -2.41. The molecule has 0 heterocycles. The van der Waals surface area contributed by atoms with Crippen LogP contribution in [0.3, 0.4) is 0 Å². The average molecular weight is 292 g/mol. The highest BCUT2D eigenvalue weighted by atomic mass is 16.4. The molecular formula is C19H32O2. The van der Waals surface area contributed by atoms with Gasteiger partial charge in [0.15, 0.2) is 0 Å². The molecule has 0 aromatic carbocycles. The van der Waals surface area contributed by atoms with Gasteiger partial charge in [0.25, 0.3) is 0 Å². The van der Waals surface area contributed by atoms with Crippen LogP contribution in [0.5, 0.6) is 0 Å². The van der Waals surface area contributed by atoms with E-state index < -0.39 is 11.4 Å². The smallest absolute Gasteiger partial charge is 0.310 e. The van der Waals surface area contributed by atoms with Crippen LogP contribution in [0.4, 0.5) is 0 Å². The molecular weight excluding hydrogens is 260 g/mol. The highest BCUT2D eigenvalue weighted by Crippen LogP contribution is 2.60. The van der Waals surface area contributed by atoms with Crippen LogP contribution in [-0.2, 0) is 4.79 Å². The predicted octanol–water partition coefficient (Wildman–Crippen LogP) is 5.57. The second-order valence-electron chi connectivity index (χ2n) is 8.62. The summed E-state index contributed by atoms with van der Waals surface area (Å²) in [5.74, 6) is -0.570. The monoisotopic (exact) mass is 292 g/mol. The minimum Gasteiger partial charge on any atom is -0.481 e. The van der Waals surface area contributed by atoms with Crippen LogP contribution < -0.4 is 0 Å². The fraction of sp³-hybridized carbons (Fsp3) is 0.842. The summed E-state index contributed by atoms with van der Waals surface area (Å²) in [6, 6.07) is 0. The molecule has 0 spiro atoms. The molecule has 2 heteroatoms. The van der Waals surface area contributed by atoms with E-state index in [4.69, 9.17) is 0 Å². The Morgan fingerprint density at radius 3 is 1.86 bits per heavy atom. The molecule has 0 atom stereocenters. The molecule has 2 aliphatic rings. The lowest BCUT2D eigenvalue weighted by molar-refractivity contribution is -0.149. The van der Waals surface area contributed by atoms with E-state index in [1.165, 1.54) is 24.0 Å². The molecule has 21 heavy (non-hydrogen) atoms. The third-order valence-corrected chi connectivity index (χ3v) is 6.12. The van der Waals surface area contributed by atoms with E-state index in [1.54, 1.807) is 0 Å². The van der Waals surface area contributed by atoms with Crippen LogP contribution in [0.15, 0.2) is 11.1 Å². The van der Waals surface area contributed by atoms with Crippen molar-refractivity contribution in [3.05, 3.63) is 11.1 Å². The zero-order valence-electron chi connectivity index (χ0n) is 14.5. The van der Waals surface area contributed by atoms with E-state index in [9.17, 15) is 9.90 Å². The molecule has 2 rings (SSSR count). The molecule has 0 aromatic heterocycles. The van der Waals surface area contributed by atoms with Gasteiger partial charge in [0.1, 0.15) is 0 Å². The number of allylic oxidation sites excluding steroid dienone is 2. The molecule has 0 saturated carbocycles. The number of carboxylic acids is 1. The van der Waals surface area contributed by atoms with E-state index in [0.29, 0.717) is 0 Å². The molecule has 2 nitrogen and oxygen atoms in total. The quantitative estimate of drug-likeness (QED) is 0.531. The van der Waals surface area contributed by atoms with Crippen molar-refractivity contribution in [3.8, 4) is 0 Å². The number of carboxylic acid groups (broad SMARTS) is 1. The molecule has 1 N–H and O–H groups in total. The molecule has 0 aromatic rings. The third kappa shape index (κ3) is 2.91. The van der Waals surface area contributed by atoms with Crippen molar-refractivity contribution in [2.45, 2.75) is 86.0 Å². The Labute approximate surface area is 130 Å². The maximum Gasteiger partial charge on any atom is 0.310 e. The maximum atomic E-state index is 12.1. The Morgan fingerprint density at radius 2 is 1.48 bits per heavy atom. The highest BCUT2D eigenvalue weighted by molar-refractivity contribution is 5.77. The normalized spacial score (nSPS) is 25.8. The SMILES string of the molecule is CCCCCC1(C(=O)O)CC2=C(C1)C(C)(C)CCC2(C)C. The van der Waals surface area contributed by atoms with Gasteiger partial charge in [-0.2, -0.15) is 0 Å². The van der Waals surface area contributed by atoms with Gasteiger partial charge >= 0.3 is 5.97 Å². The molecule has 0 bridgehead atoms. The number of aliphatic carboxylic acids is 1. The van der Waals surface area contributed by atoms with Crippen molar-refractivity contribution < 1.29 is 9.90 Å². The number of hydrogen-bond acceptors (Lipinski definition) is 1. The lowest BCUT2D eigenvalue weighted by Crippen LogP contribution is -2.29. The second-order valence-corrected chi connectivity index (χ2v) is 8.62. The average Bonchev–Trinajstić information content (AvgIpc) is 2.79. The second kappa shape index (κ2) is 5.44. The maximum absolute atomic E-state index is 12.1. The van der Waals surface area contributed by atoms with E-state index >= 15 is 0 Å². The summed E-state index contributed by atoms with van der Waals surface area (Å²) < 4.78 is 0. The van der Waals surface area contributed by atoms with Crippen molar-refractivity contribution in [2.75, 3.05) is 0 Å². The van der Waals surface area contributed by atoms with Crippen molar-refractivity contribution in [2.24, 2.45) is 16.2 Å². The molecule has 0 fully saturated rings. The van der Waals surface area contributed by atoms with E-state index in [2.05, 4.69) is 34.6 Å². The Morgan fingerprint density at radius 1 is 1.00 bits per heavy atom. The van der Waals surface area contributed by atoms with Crippen LogP contribution >= 0.6 is 0 Å². The highest BCUT2D eigenvalue weighted by Gasteiger charge is 2.52. The summed E-state index contributed by atoms with van der Waals surface area (Å²) in [4.78, 5) is 12.1. The first kappa shape index (κ1) is 16.6. The lowest BCUT2D eigenvalue weighted by atomic mass is 9.64. The molecule has 0 amide bonds. The third-order valence-electron chi connectivity index (χ3n) is 6.12. The zero-order valence-corrected chi connectivity index (χ0v) is 14.5. The zero-order chi connectivity index (χ0) is 15.9. The minimum atomic E-state index is -0.570. The number of rotatable bonds is 5. The van der Waals surface area contributed by atoms with E-state index in [1.807, 2.05) is 0 Å². The van der Waals surface area contributed by atoms with Crippen molar-refractivity contribution in [1.82, 2.24) is 0 Å². The van der Waals surface area contributed by atoms with Crippen molar-refractivity contribution in [3.63, 3.8) is 0 Å². The molecule has 0 saturated heterocycles. The first-order valence-corrected chi connectivity index (χ1v) is 8.61. The van der Waals surface area contributed by atoms with E-state index in [0.717, 1.165) is 38.5 Å². The van der Waals surface area contributed by atoms with Crippen molar-refractivity contribution in [1.29, 1.82) is 0 Å². The Hall–Kier alpha value is -0.790. The van der Waals surface area contributed by atoms with Gasteiger partial charge in [-0.05, 0) is 42.9 Å². The van der Waals surface area contributed by atoms with Gasteiger partial charge in [-0.1, -0.05) is 65.0 Å². The van der Waals surface area contributed by atoms with Crippen LogP contribution in [0, 0.1) is 16.2 Å². The summed E-state index contributed by atoms with van der Waals surface area (Å²) in [5, 5.41) is 9.92. The minimum absolute atomic E-state index is 0.187. The molecule has 0 aliphatic heterocycles. The van der Waals surface area contributed by atoms with E-state index in [-0.39, 0.29) is 10.8 Å². The number of carbonyl (C=O) groups is 1. The van der Waals surface area contributed by atoms with Gasteiger partial charge in [0.2, 0.25) is 0 Å². The predicted molar refractivity (Wildman–Crippen MR) is 87.3 cm³/mol. The fourth-order valence-corrected chi connectivity index (χ4v) is 4.32. The first-order chi connectivity index (χ1) is 9.65. The summed E-state index contributed by atoms with van der Waals surface area (Å²) in [6.45, 7) is 11.4. The summed E-state index contributed by atoms with van der Waals surface area (Å²) in [5.41, 5.74) is 2.80. The number of unbranched alkanes of at least 4 members (excludes halogenated alkanes) is 2. The number of hydrogen-bond donors (Lipinski definition) is 1. The fourth-order valence-electron chi connectivity index (χ4n) is 4.32. The Balaban J connectivity index is 2.30. The van der Waals surface area contributed by atoms with Gasteiger partial charge in [-0.25, -0.2) is 0 Å².